The Kier molecular flexibility index (Phi) is 10.2. The molecule has 0 saturated heterocycles. The van der Waals surface area contributed by atoms with E-state index in [2.05, 4.69) is 21.8 Å². The van der Waals surface area contributed by atoms with E-state index in [1.165, 1.54) is 23.1 Å². The third kappa shape index (κ3) is 6.69. The Morgan fingerprint density at radius 1 is 1.15 bits per heavy atom. The van der Waals surface area contributed by atoms with Gasteiger partial charge in [-0.3, -0.25) is 4.99 Å². The van der Waals surface area contributed by atoms with Crippen LogP contribution in [0.2, 0.25) is 0 Å². The molecule has 1 heterocycles. The molecule has 0 radical (unpaired) electrons. The maximum Gasteiger partial charge on any atom is 0.193 e. The lowest BCUT2D eigenvalue weighted by Gasteiger charge is -2.28. The third-order valence-electron chi connectivity index (χ3n) is 4.26. The monoisotopic (exact) mass is 508 g/mol. The average molecular weight is 508 g/mol. The minimum atomic E-state index is -0.536. The third-order valence-corrected chi connectivity index (χ3v) is 5.19. The smallest absolute Gasteiger partial charge is 0.193 e. The van der Waals surface area contributed by atoms with Crippen LogP contribution in [0.1, 0.15) is 16.5 Å². The van der Waals surface area contributed by atoms with Crippen molar-refractivity contribution >= 4 is 41.3 Å². The summed E-state index contributed by atoms with van der Waals surface area (Å²) in [5, 5.41) is 5.30. The summed E-state index contributed by atoms with van der Waals surface area (Å²) < 4.78 is 28.3. The van der Waals surface area contributed by atoms with Gasteiger partial charge in [0.05, 0.1) is 6.04 Å². The Morgan fingerprint density at radius 2 is 1.81 bits per heavy atom. The van der Waals surface area contributed by atoms with Crippen LogP contribution in [0.15, 0.2) is 40.7 Å². The van der Waals surface area contributed by atoms with Crippen LogP contribution >= 0.6 is 35.3 Å². The number of benzene rings is 1. The highest BCUT2D eigenvalue weighted by atomic mass is 127. The summed E-state index contributed by atoms with van der Waals surface area (Å²) in [7, 11) is 7.28. The van der Waals surface area contributed by atoms with Gasteiger partial charge in [0.2, 0.25) is 0 Å². The molecule has 8 heteroatoms. The zero-order chi connectivity index (χ0) is 19.1. The Bertz CT molecular complexity index is 702. The second kappa shape index (κ2) is 11.6. The fourth-order valence-corrected chi connectivity index (χ4v) is 3.48. The first-order valence-electron chi connectivity index (χ1n) is 8.48. The molecule has 2 aromatic rings. The fourth-order valence-electron chi connectivity index (χ4n) is 2.78. The lowest BCUT2D eigenvalue weighted by Crippen LogP contribution is -2.43. The number of guanidine groups is 1. The Labute approximate surface area is 181 Å². The highest BCUT2D eigenvalue weighted by Crippen LogP contribution is 2.24. The van der Waals surface area contributed by atoms with Gasteiger partial charge in [-0.2, -0.15) is 0 Å². The number of likely N-dealkylation sites (N-methyl/N-ethyl adjacent to an activating group) is 2. The van der Waals surface area contributed by atoms with Gasteiger partial charge in [0, 0.05) is 37.6 Å². The van der Waals surface area contributed by atoms with Crippen LogP contribution in [-0.4, -0.2) is 57.0 Å². The Balaban J connectivity index is 0.00000364. The van der Waals surface area contributed by atoms with Gasteiger partial charge in [-0.1, -0.05) is 12.1 Å². The first-order chi connectivity index (χ1) is 12.4. The molecular formula is C19H27F2IN4S. The standard InChI is InChI=1S/C19H26F2N4S.HI/c1-22-19(25(4)11-10-14-7-6-12-26-14)23-13-17(24(2)3)18-15(20)8-5-9-16(18)21;/h5-9,12,17H,10-11,13H2,1-4H3,(H,22,23);1H. The Hall–Kier alpha value is -1.26. The van der Waals surface area contributed by atoms with Crippen molar-refractivity contribution in [3.8, 4) is 0 Å². The minimum absolute atomic E-state index is 0. The summed E-state index contributed by atoms with van der Waals surface area (Å²) in [6, 6.07) is 7.66. The molecule has 0 aliphatic carbocycles. The first kappa shape index (κ1) is 23.8. The maximum atomic E-state index is 14.2. The van der Waals surface area contributed by atoms with Crippen molar-refractivity contribution in [1.29, 1.82) is 0 Å². The molecule has 0 aliphatic heterocycles. The van der Waals surface area contributed by atoms with E-state index < -0.39 is 17.7 Å². The van der Waals surface area contributed by atoms with E-state index in [0.29, 0.717) is 12.5 Å². The number of hydrogen-bond acceptors (Lipinski definition) is 3. The molecule has 1 aromatic carbocycles. The van der Waals surface area contributed by atoms with Crippen molar-refractivity contribution in [2.45, 2.75) is 12.5 Å². The molecule has 4 nitrogen and oxygen atoms in total. The van der Waals surface area contributed by atoms with Crippen LogP contribution in [-0.2, 0) is 6.42 Å². The highest BCUT2D eigenvalue weighted by molar-refractivity contribution is 14.0. The predicted molar refractivity (Wildman–Crippen MR) is 120 cm³/mol. The number of nitrogens with zero attached hydrogens (tertiary/aromatic N) is 3. The molecule has 0 spiro atoms. The zero-order valence-electron chi connectivity index (χ0n) is 16.1. The van der Waals surface area contributed by atoms with E-state index in [4.69, 9.17) is 0 Å². The van der Waals surface area contributed by atoms with E-state index in [9.17, 15) is 8.78 Å². The lowest BCUT2D eigenvalue weighted by atomic mass is 10.0. The van der Waals surface area contributed by atoms with Gasteiger partial charge >= 0.3 is 0 Å². The molecule has 0 aliphatic rings. The summed E-state index contributed by atoms with van der Waals surface area (Å²) in [4.78, 5) is 9.42. The molecule has 2 rings (SSSR count). The molecule has 150 valence electrons. The first-order valence-corrected chi connectivity index (χ1v) is 9.36. The largest absolute Gasteiger partial charge is 0.354 e. The second-order valence-corrected chi connectivity index (χ2v) is 7.33. The number of hydrogen-bond donors (Lipinski definition) is 1. The molecule has 1 aromatic heterocycles. The van der Waals surface area contributed by atoms with Gasteiger partial charge < -0.3 is 15.1 Å². The summed E-state index contributed by atoms with van der Waals surface area (Å²) in [6.07, 6.45) is 0.925. The molecule has 0 bridgehead atoms. The predicted octanol–water partition coefficient (Wildman–Crippen LogP) is 4.00. The minimum Gasteiger partial charge on any atom is -0.354 e. The lowest BCUT2D eigenvalue weighted by molar-refractivity contribution is 0.280. The van der Waals surface area contributed by atoms with E-state index in [1.54, 1.807) is 23.3 Å². The quantitative estimate of drug-likeness (QED) is 0.349. The number of thiophene rings is 1. The SMILES string of the molecule is CN=C(NCC(c1c(F)cccc1F)N(C)C)N(C)CCc1cccs1.I. The molecule has 1 unspecified atom stereocenters. The molecule has 0 saturated carbocycles. The van der Waals surface area contributed by atoms with Crippen LogP contribution < -0.4 is 5.32 Å². The summed E-state index contributed by atoms with van der Waals surface area (Å²) in [6.45, 7) is 1.15. The summed E-state index contributed by atoms with van der Waals surface area (Å²) in [5.41, 5.74) is 0.0710. The number of nitrogens with one attached hydrogen (secondary N) is 1. The number of rotatable bonds is 7. The van der Waals surface area contributed by atoms with Crippen molar-refractivity contribution in [2.24, 2.45) is 4.99 Å². The zero-order valence-corrected chi connectivity index (χ0v) is 19.2. The Morgan fingerprint density at radius 3 is 2.33 bits per heavy atom. The highest BCUT2D eigenvalue weighted by Gasteiger charge is 2.22. The van der Waals surface area contributed by atoms with Gasteiger partial charge in [-0.15, -0.1) is 35.3 Å². The van der Waals surface area contributed by atoms with Crippen LogP contribution in [0.4, 0.5) is 8.78 Å². The topological polar surface area (TPSA) is 30.9 Å². The maximum absolute atomic E-state index is 14.2. The van der Waals surface area contributed by atoms with E-state index in [-0.39, 0.29) is 29.5 Å². The summed E-state index contributed by atoms with van der Waals surface area (Å²) in [5.74, 6) is -0.372. The fraction of sp³-hybridized carbons (Fsp3) is 0.421. The number of aliphatic imine (C=N–C) groups is 1. The van der Waals surface area contributed by atoms with Crippen molar-refractivity contribution in [1.82, 2.24) is 15.1 Å². The van der Waals surface area contributed by atoms with Crippen LogP contribution in [0.25, 0.3) is 0 Å². The van der Waals surface area contributed by atoms with Crippen molar-refractivity contribution in [3.05, 3.63) is 57.8 Å². The van der Waals surface area contributed by atoms with Gasteiger partial charge in [-0.25, -0.2) is 8.78 Å². The number of halogens is 3. The molecular weight excluding hydrogens is 481 g/mol. The normalized spacial score (nSPS) is 12.6. The van der Waals surface area contributed by atoms with Gasteiger partial charge in [0.15, 0.2) is 5.96 Å². The summed E-state index contributed by atoms with van der Waals surface area (Å²) >= 11 is 1.73. The molecule has 0 fully saturated rings. The second-order valence-electron chi connectivity index (χ2n) is 6.29. The molecule has 1 N–H and O–H groups in total. The van der Waals surface area contributed by atoms with Crippen LogP contribution in [0.5, 0.6) is 0 Å². The van der Waals surface area contributed by atoms with Gasteiger partial charge in [-0.05, 0) is 44.1 Å². The molecule has 27 heavy (non-hydrogen) atoms. The van der Waals surface area contributed by atoms with Gasteiger partial charge in [0.1, 0.15) is 11.6 Å². The van der Waals surface area contributed by atoms with E-state index in [1.807, 2.05) is 32.1 Å². The van der Waals surface area contributed by atoms with Crippen molar-refractivity contribution in [2.75, 3.05) is 41.3 Å². The molecule has 1 atom stereocenters. The van der Waals surface area contributed by atoms with E-state index in [0.717, 1.165) is 13.0 Å². The van der Waals surface area contributed by atoms with Gasteiger partial charge in [0.25, 0.3) is 0 Å². The van der Waals surface area contributed by atoms with Crippen LogP contribution in [0.3, 0.4) is 0 Å². The average Bonchev–Trinajstić information content (AvgIpc) is 3.11. The van der Waals surface area contributed by atoms with Crippen molar-refractivity contribution in [3.63, 3.8) is 0 Å². The van der Waals surface area contributed by atoms with E-state index >= 15 is 0 Å². The van der Waals surface area contributed by atoms with Crippen molar-refractivity contribution < 1.29 is 8.78 Å². The molecule has 0 amide bonds. The van der Waals surface area contributed by atoms with Crippen LogP contribution in [0, 0.1) is 11.6 Å².